The Labute approximate surface area is 89.3 Å². The summed E-state index contributed by atoms with van der Waals surface area (Å²) in [6.45, 7) is 5.09. The summed E-state index contributed by atoms with van der Waals surface area (Å²) >= 11 is 0. The summed E-state index contributed by atoms with van der Waals surface area (Å²) in [5.74, 6) is 0. The van der Waals surface area contributed by atoms with E-state index < -0.39 is 0 Å². The number of hydrogen-bond acceptors (Lipinski definition) is 3. The first-order chi connectivity index (χ1) is 7.22. The van der Waals surface area contributed by atoms with Crippen LogP contribution in [0, 0.1) is 0 Å². The Morgan fingerprint density at radius 3 is 2.87 bits per heavy atom. The highest BCUT2D eigenvalue weighted by atomic mass is 15.1. The van der Waals surface area contributed by atoms with Gasteiger partial charge in [0.25, 0.3) is 0 Å². The standard InChI is InChI=1S/C11H16N4/c1-8(2)15-7-14-10-4-9(5-12-3)6-13-11(10)15/h4,6-8,12H,5H2,1-3H3. The monoisotopic (exact) mass is 204 g/mol. The molecule has 1 N–H and O–H groups in total. The lowest BCUT2D eigenvalue weighted by Crippen LogP contribution is -2.05. The van der Waals surface area contributed by atoms with Gasteiger partial charge in [0.15, 0.2) is 5.65 Å². The molecule has 0 bridgehead atoms. The molecule has 0 amide bonds. The summed E-state index contributed by atoms with van der Waals surface area (Å²) in [5, 5.41) is 3.10. The van der Waals surface area contributed by atoms with Gasteiger partial charge in [0.05, 0.1) is 6.33 Å². The van der Waals surface area contributed by atoms with Crippen LogP contribution in [-0.4, -0.2) is 21.6 Å². The molecule has 0 saturated carbocycles. The molecule has 2 aromatic rings. The van der Waals surface area contributed by atoms with Gasteiger partial charge in [-0.3, -0.25) is 0 Å². The molecule has 80 valence electrons. The number of nitrogens with one attached hydrogen (secondary N) is 1. The fourth-order valence-electron chi connectivity index (χ4n) is 1.64. The third-order valence-corrected chi connectivity index (χ3v) is 2.41. The van der Waals surface area contributed by atoms with Crippen molar-refractivity contribution in [1.82, 2.24) is 19.9 Å². The van der Waals surface area contributed by atoms with E-state index in [4.69, 9.17) is 0 Å². The van der Waals surface area contributed by atoms with Crippen LogP contribution in [0.2, 0.25) is 0 Å². The molecular weight excluding hydrogens is 188 g/mol. The van der Waals surface area contributed by atoms with Gasteiger partial charge in [0.1, 0.15) is 5.52 Å². The molecule has 2 rings (SSSR count). The normalized spacial score (nSPS) is 11.5. The molecule has 2 aromatic heterocycles. The highest BCUT2D eigenvalue weighted by Crippen LogP contribution is 2.15. The van der Waals surface area contributed by atoms with Crippen LogP contribution >= 0.6 is 0 Å². The van der Waals surface area contributed by atoms with E-state index in [-0.39, 0.29) is 0 Å². The lowest BCUT2D eigenvalue weighted by Gasteiger charge is -2.06. The number of rotatable bonds is 3. The second-order valence-corrected chi connectivity index (χ2v) is 3.96. The van der Waals surface area contributed by atoms with Crippen molar-refractivity contribution in [3.05, 3.63) is 24.2 Å². The molecule has 0 spiro atoms. The zero-order valence-electron chi connectivity index (χ0n) is 9.36. The highest BCUT2D eigenvalue weighted by Gasteiger charge is 2.06. The third-order valence-electron chi connectivity index (χ3n) is 2.41. The summed E-state index contributed by atoms with van der Waals surface area (Å²) in [6, 6.07) is 2.48. The number of aromatic nitrogens is 3. The molecule has 0 atom stereocenters. The van der Waals surface area contributed by atoms with Crippen LogP contribution in [0.15, 0.2) is 18.6 Å². The van der Waals surface area contributed by atoms with Gasteiger partial charge in [0, 0.05) is 18.8 Å². The predicted molar refractivity (Wildman–Crippen MR) is 60.7 cm³/mol. The van der Waals surface area contributed by atoms with Gasteiger partial charge in [-0.15, -0.1) is 0 Å². The first kappa shape index (κ1) is 10.1. The first-order valence-electron chi connectivity index (χ1n) is 5.18. The predicted octanol–water partition coefficient (Wildman–Crippen LogP) is 1.73. The van der Waals surface area contributed by atoms with Gasteiger partial charge in [-0.1, -0.05) is 0 Å². The Hall–Kier alpha value is -1.42. The van der Waals surface area contributed by atoms with E-state index in [0.29, 0.717) is 6.04 Å². The van der Waals surface area contributed by atoms with E-state index in [1.54, 1.807) is 0 Å². The zero-order valence-corrected chi connectivity index (χ0v) is 9.36. The van der Waals surface area contributed by atoms with Crippen LogP contribution in [0.5, 0.6) is 0 Å². The smallest absolute Gasteiger partial charge is 0.160 e. The van der Waals surface area contributed by atoms with E-state index >= 15 is 0 Å². The van der Waals surface area contributed by atoms with Crippen molar-refractivity contribution in [1.29, 1.82) is 0 Å². The van der Waals surface area contributed by atoms with Crippen molar-refractivity contribution in [2.45, 2.75) is 26.4 Å². The quantitative estimate of drug-likeness (QED) is 0.828. The first-order valence-corrected chi connectivity index (χ1v) is 5.18. The Bertz CT molecular complexity index is 459. The summed E-state index contributed by atoms with van der Waals surface area (Å²) in [5.41, 5.74) is 3.10. The minimum atomic E-state index is 0.401. The fraction of sp³-hybridized carbons (Fsp3) is 0.455. The molecule has 0 aliphatic carbocycles. The van der Waals surface area contributed by atoms with Crippen molar-refractivity contribution in [3.63, 3.8) is 0 Å². The average Bonchev–Trinajstić information content (AvgIpc) is 2.61. The number of pyridine rings is 1. The Kier molecular flexibility index (Phi) is 2.68. The molecule has 2 heterocycles. The van der Waals surface area contributed by atoms with Crippen molar-refractivity contribution in [3.8, 4) is 0 Å². The largest absolute Gasteiger partial charge is 0.316 e. The van der Waals surface area contributed by atoms with Gasteiger partial charge in [-0.25, -0.2) is 9.97 Å². The van der Waals surface area contributed by atoms with Gasteiger partial charge in [0.2, 0.25) is 0 Å². The molecule has 0 aliphatic rings. The summed E-state index contributed by atoms with van der Waals surface area (Å²) in [6.07, 6.45) is 3.75. The maximum Gasteiger partial charge on any atom is 0.160 e. The minimum Gasteiger partial charge on any atom is -0.316 e. The average molecular weight is 204 g/mol. The zero-order chi connectivity index (χ0) is 10.8. The van der Waals surface area contributed by atoms with E-state index in [2.05, 4.69) is 39.8 Å². The van der Waals surface area contributed by atoms with Crippen LogP contribution < -0.4 is 5.32 Å². The maximum absolute atomic E-state index is 4.44. The number of hydrogen-bond donors (Lipinski definition) is 1. The van der Waals surface area contributed by atoms with Gasteiger partial charge < -0.3 is 9.88 Å². The molecule has 0 fully saturated rings. The number of imidazole rings is 1. The summed E-state index contributed by atoms with van der Waals surface area (Å²) in [7, 11) is 1.93. The van der Waals surface area contributed by atoms with E-state index in [1.165, 1.54) is 5.56 Å². The molecule has 4 heteroatoms. The molecular formula is C11H16N4. The lowest BCUT2D eigenvalue weighted by molar-refractivity contribution is 0.612. The Morgan fingerprint density at radius 1 is 1.40 bits per heavy atom. The highest BCUT2D eigenvalue weighted by molar-refractivity contribution is 5.71. The topological polar surface area (TPSA) is 42.7 Å². The van der Waals surface area contributed by atoms with E-state index in [1.807, 2.05) is 19.6 Å². The van der Waals surface area contributed by atoms with Crippen LogP contribution in [0.1, 0.15) is 25.5 Å². The summed E-state index contributed by atoms with van der Waals surface area (Å²) in [4.78, 5) is 8.80. The molecule has 4 nitrogen and oxygen atoms in total. The second kappa shape index (κ2) is 3.98. The number of nitrogens with zero attached hydrogens (tertiary/aromatic N) is 3. The van der Waals surface area contributed by atoms with Crippen LogP contribution in [0.25, 0.3) is 11.2 Å². The molecule has 0 unspecified atom stereocenters. The van der Waals surface area contributed by atoms with E-state index in [9.17, 15) is 0 Å². The van der Waals surface area contributed by atoms with Crippen LogP contribution in [0.4, 0.5) is 0 Å². The molecule has 0 radical (unpaired) electrons. The Morgan fingerprint density at radius 2 is 2.20 bits per heavy atom. The molecule has 15 heavy (non-hydrogen) atoms. The Balaban J connectivity index is 2.47. The molecule has 0 aromatic carbocycles. The van der Waals surface area contributed by atoms with Crippen molar-refractivity contribution >= 4 is 11.2 Å². The van der Waals surface area contributed by atoms with Gasteiger partial charge in [-0.2, -0.15) is 0 Å². The minimum absolute atomic E-state index is 0.401. The van der Waals surface area contributed by atoms with Gasteiger partial charge in [-0.05, 0) is 32.5 Å². The van der Waals surface area contributed by atoms with Crippen LogP contribution in [0.3, 0.4) is 0 Å². The van der Waals surface area contributed by atoms with Crippen molar-refractivity contribution in [2.24, 2.45) is 0 Å². The summed E-state index contributed by atoms with van der Waals surface area (Å²) < 4.78 is 2.08. The molecule has 0 aliphatic heterocycles. The fourth-order valence-corrected chi connectivity index (χ4v) is 1.64. The second-order valence-electron chi connectivity index (χ2n) is 3.96. The van der Waals surface area contributed by atoms with E-state index in [0.717, 1.165) is 17.7 Å². The van der Waals surface area contributed by atoms with Gasteiger partial charge >= 0.3 is 0 Å². The van der Waals surface area contributed by atoms with Crippen molar-refractivity contribution < 1.29 is 0 Å². The third kappa shape index (κ3) is 1.85. The number of fused-ring (bicyclic) bond motifs is 1. The van der Waals surface area contributed by atoms with Crippen LogP contribution in [-0.2, 0) is 6.54 Å². The SMILES string of the molecule is CNCc1cnc2c(c1)ncn2C(C)C. The molecule has 0 saturated heterocycles. The van der Waals surface area contributed by atoms with Crippen molar-refractivity contribution in [2.75, 3.05) is 7.05 Å². The maximum atomic E-state index is 4.44. The lowest BCUT2D eigenvalue weighted by atomic mass is 10.2.